The predicted octanol–water partition coefficient (Wildman–Crippen LogP) is -0.599. The molecule has 6 nitrogen and oxygen atoms in total. The summed E-state index contributed by atoms with van der Waals surface area (Å²) < 4.78 is 23.4. The van der Waals surface area contributed by atoms with Gasteiger partial charge in [0, 0.05) is 0 Å². The number of anilines is 1. The maximum Gasteiger partial charge on any atom is 0.296 e. The van der Waals surface area contributed by atoms with Gasteiger partial charge in [-0.15, -0.1) is 0 Å². The number of carbonyl (C=O) groups excluding carboxylic acids is 1. The average Bonchev–Trinajstić information content (AvgIpc) is 2.01. The van der Waals surface area contributed by atoms with E-state index in [1.54, 1.807) is 12.1 Å². The van der Waals surface area contributed by atoms with Crippen LogP contribution in [0.25, 0.3) is 0 Å². The van der Waals surface area contributed by atoms with Gasteiger partial charge in [0.05, 0.1) is 11.3 Å². The molecule has 1 aromatic rings. The summed E-state index contributed by atoms with van der Waals surface area (Å²) in [4.78, 5) is 10.9. The van der Waals surface area contributed by atoms with E-state index in [2.05, 4.69) is 0 Å². The van der Waals surface area contributed by atoms with Crippen LogP contribution in [0.3, 0.4) is 0 Å². The highest BCUT2D eigenvalue weighted by atomic mass is 32.2. The number of nitrogens with two attached hydrogens (primary N) is 2. The van der Waals surface area contributed by atoms with Crippen molar-refractivity contribution in [2.24, 2.45) is 10.9 Å². The lowest BCUT2D eigenvalue weighted by Crippen LogP contribution is -2.24. The van der Waals surface area contributed by atoms with Gasteiger partial charge < -0.3 is 5.73 Å². The molecule has 76 valence electrons. The molecule has 1 rings (SSSR count). The molecule has 7 heteroatoms. The van der Waals surface area contributed by atoms with E-state index in [4.69, 9.17) is 10.9 Å². The smallest absolute Gasteiger partial charge is 0.296 e. The first-order valence-electron chi connectivity index (χ1n) is 3.59. The van der Waals surface area contributed by atoms with Gasteiger partial charge >= 0.3 is 0 Å². The van der Waals surface area contributed by atoms with Crippen molar-refractivity contribution in [3.63, 3.8) is 0 Å². The number of nitrogens with one attached hydrogen (secondary N) is 1. The summed E-state index contributed by atoms with van der Waals surface area (Å²) in [6.45, 7) is 0. The molecule has 0 aliphatic rings. The molecule has 1 amide bonds. The average molecular weight is 215 g/mol. The summed E-state index contributed by atoms with van der Waals surface area (Å²) in [7, 11) is -3.89. The number of benzene rings is 1. The minimum atomic E-state index is -3.89. The third-order valence-corrected chi connectivity index (χ3v) is 1.95. The predicted molar refractivity (Wildman–Crippen MR) is 51.7 cm³/mol. The van der Waals surface area contributed by atoms with Crippen LogP contribution >= 0.6 is 0 Å². The maximum absolute atomic E-state index is 10.9. The summed E-state index contributed by atoms with van der Waals surface area (Å²) >= 11 is 0. The molecule has 0 atom stereocenters. The Balaban J connectivity index is 3.15. The summed E-state index contributed by atoms with van der Waals surface area (Å²) in [5, 5.41) is 4.75. The number of amides is 1. The van der Waals surface area contributed by atoms with Gasteiger partial charge in [0.1, 0.15) is 0 Å². The molecule has 14 heavy (non-hydrogen) atoms. The van der Waals surface area contributed by atoms with Crippen molar-refractivity contribution in [2.75, 3.05) is 4.72 Å². The fourth-order valence-electron chi connectivity index (χ4n) is 0.940. The van der Waals surface area contributed by atoms with Gasteiger partial charge in [-0.05, 0) is 12.1 Å². The lowest BCUT2D eigenvalue weighted by atomic mass is 10.2. The van der Waals surface area contributed by atoms with E-state index in [1.807, 2.05) is 4.72 Å². The van der Waals surface area contributed by atoms with Crippen LogP contribution in [0.1, 0.15) is 10.4 Å². The van der Waals surface area contributed by atoms with Gasteiger partial charge in [0.2, 0.25) is 0 Å². The molecular weight excluding hydrogens is 206 g/mol. The van der Waals surface area contributed by atoms with Gasteiger partial charge in [-0.25, -0.2) is 5.14 Å². The van der Waals surface area contributed by atoms with Crippen LogP contribution in [-0.4, -0.2) is 14.3 Å². The van der Waals surface area contributed by atoms with Gasteiger partial charge in [-0.1, -0.05) is 12.1 Å². The largest absolute Gasteiger partial charge is 0.366 e. The fraction of sp³-hybridized carbons (Fsp3) is 0. The van der Waals surface area contributed by atoms with Crippen molar-refractivity contribution < 1.29 is 13.2 Å². The Labute approximate surface area is 81.1 Å². The van der Waals surface area contributed by atoms with Crippen molar-refractivity contribution >= 4 is 21.8 Å². The van der Waals surface area contributed by atoms with E-state index in [-0.39, 0.29) is 11.3 Å². The second-order valence-corrected chi connectivity index (χ2v) is 3.85. The van der Waals surface area contributed by atoms with Crippen LogP contribution in [0.5, 0.6) is 0 Å². The highest BCUT2D eigenvalue weighted by molar-refractivity contribution is 7.90. The zero-order valence-corrected chi connectivity index (χ0v) is 7.91. The monoisotopic (exact) mass is 215 g/mol. The van der Waals surface area contributed by atoms with Crippen molar-refractivity contribution in [3.8, 4) is 0 Å². The van der Waals surface area contributed by atoms with E-state index in [0.717, 1.165) is 0 Å². The fourth-order valence-corrected chi connectivity index (χ4v) is 1.42. The molecule has 0 aliphatic carbocycles. The number of para-hydroxylation sites is 1. The Bertz CT molecular complexity index is 455. The third kappa shape index (κ3) is 2.71. The van der Waals surface area contributed by atoms with Crippen LogP contribution in [0.4, 0.5) is 5.69 Å². The Morgan fingerprint density at radius 1 is 1.29 bits per heavy atom. The van der Waals surface area contributed by atoms with E-state index in [1.165, 1.54) is 12.1 Å². The Kier molecular flexibility index (Phi) is 2.73. The van der Waals surface area contributed by atoms with E-state index in [9.17, 15) is 13.2 Å². The van der Waals surface area contributed by atoms with Crippen LogP contribution in [0, 0.1) is 0 Å². The van der Waals surface area contributed by atoms with Gasteiger partial charge in [0.25, 0.3) is 16.1 Å². The number of hydrogen-bond acceptors (Lipinski definition) is 3. The lowest BCUT2D eigenvalue weighted by molar-refractivity contribution is 0.100. The summed E-state index contributed by atoms with van der Waals surface area (Å²) in [6, 6.07) is 5.91. The molecule has 0 radical (unpaired) electrons. The van der Waals surface area contributed by atoms with Crippen molar-refractivity contribution in [1.29, 1.82) is 0 Å². The number of primary amides is 1. The molecule has 0 unspecified atom stereocenters. The zero-order chi connectivity index (χ0) is 10.8. The standard InChI is InChI=1S/C7H9N3O3S/c8-7(11)5-3-1-2-4-6(5)10-14(9,12)13/h1-4,10H,(H2,8,11)(H2,9,12,13). The highest BCUT2D eigenvalue weighted by Crippen LogP contribution is 2.14. The van der Waals surface area contributed by atoms with Crippen LogP contribution in [0.2, 0.25) is 0 Å². The lowest BCUT2D eigenvalue weighted by Gasteiger charge is -2.06. The van der Waals surface area contributed by atoms with E-state index < -0.39 is 16.1 Å². The van der Waals surface area contributed by atoms with Crippen LogP contribution in [-0.2, 0) is 10.2 Å². The molecular formula is C7H9N3O3S. The molecule has 0 heterocycles. The summed E-state index contributed by atoms with van der Waals surface area (Å²) in [5.74, 6) is -0.725. The normalized spacial score (nSPS) is 10.9. The molecule has 5 N–H and O–H groups in total. The SMILES string of the molecule is NC(=O)c1ccccc1NS(N)(=O)=O. The molecule has 1 aromatic carbocycles. The Hall–Kier alpha value is -1.60. The molecule has 0 saturated heterocycles. The Morgan fingerprint density at radius 3 is 2.36 bits per heavy atom. The maximum atomic E-state index is 10.9. The molecule has 0 bridgehead atoms. The Morgan fingerprint density at radius 2 is 1.86 bits per heavy atom. The topological polar surface area (TPSA) is 115 Å². The molecule has 0 fully saturated rings. The molecule has 0 saturated carbocycles. The molecule has 0 aromatic heterocycles. The first-order valence-corrected chi connectivity index (χ1v) is 5.14. The van der Waals surface area contributed by atoms with E-state index >= 15 is 0 Å². The second-order valence-electron chi connectivity index (χ2n) is 2.56. The van der Waals surface area contributed by atoms with Gasteiger partial charge in [-0.2, -0.15) is 8.42 Å². The second kappa shape index (κ2) is 3.64. The first kappa shape index (κ1) is 10.5. The first-order chi connectivity index (χ1) is 6.40. The van der Waals surface area contributed by atoms with Crippen LogP contribution in [0.15, 0.2) is 24.3 Å². The van der Waals surface area contributed by atoms with Gasteiger partial charge in [-0.3, -0.25) is 9.52 Å². The minimum Gasteiger partial charge on any atom is -0.366 e. The highest BCUT2D eigenvalue weighted by Gasteiger charge is 2.10. The quantitative estimate of drug-likeness (QED) is 0.625. The summed E-state index contributed by atoms with van der Waals surface area (Å²) in [6.07, 6.45) is 0. The van der Waals surface area contributed by atoms with Crippen molar-refractivity contribution in [1.82, 2.24) is 0 Å². The molecule has 0 aliphatic heterocycles. The van der Waals surface area contributed by atoms with Gasteiger partial charge in [0.15, 0.2) is 0 Å². The van der Waals surface area contributed by atoms with Crippen molar-refractivity contribution in [3.05, 3.63) is 29.8 Å². The van der Waals surface area contributed by atoms with Crippen LogP contribution < -0.4 is 15.6 Å². The zero-order valence-electron chi connectivity index (χ0n) is 7.10. The number of hydrogen-bond donors (Lipinski definition) is 3. The molecule has 0 spiro atoms. The summed E-state index contributed by atoms with van der Waals surface area (Å²) in [5.41, 5.74) is 5.16. The third-order valence-electron chi connectivity index (χ3n) is 1.44. The number of carbonyl (C=O) groups is 1. The van der Waals surface area contributed by atoms with E-state index in [0.29, 0.717) is 0 Å². The number of rotatable bonds is 3. The van der Waals surface area contributed by atoms with Crippen molar-refractivity contribution in [2.45, 2.75) is 0 Å². The minimum absolute atomic E-state index is 0.0709.